The quantitative estimate of drug-likeness (QED) is 0.700. The van der Waals surface area contributed by atoms with Crippen molar-refractivity contribution in [2.75, 3.05) is 12.4 Å². The van der Waals surface area contributed by atoms with Gasteiger partial charge in [-0.1, -0.05) is 30.3 Å². The lowest BCUT2D eigenvalue weighted by Gasteiger charge is -2.10. The first kappa shape index (κ1) is 13.1. The number of nitrogens with zero attached hydrogens (tertiary/aromatic N) is 2. The van der Waals surface area contributed by atoms with Crippen molar-refractivity contribution in [3.05, 3.63) is 52.3 Å². The number of hydrogen-bond donors (Lipinski definition) is 1. The van der Waals surface area contributed by atoms with Gasteiger partial charge in [-0.05, 0) is 34.7 Å². The highest BCUT2D eigenvalue weighted by atomic mass is 127. The van der Waals surface area contributed by atoms with Crippen LogP contribution in [-0.4, -0.2) is 17.0 Å². The Balaban J connectivity index is 2.21. The second-order valence-corrected chi connectivity index (χ2v) is 5.23. The molecule has 5 heteroatoms. The van der Waals surface area contributed by atoms with E-state index >= 15 is 0 Å². The molecule has 0 saturated heterocycles. The minimum absolute atomic E-state index is 0.582. The smallest absolute Gasteiger partial charge is 0.198 e. The van der Waals surface area contributed by atoms with E-state index in [2.05, 4.69) is 37.9 Å². The summed E-state index contributed by atoms with van der Waals surface area (Å²) in [5.74, 6) is 2.04. The third-order valence-corrected chi connectivity index (χ3v) is 3.90. The molecular formula is C15H12IN3O. The van der Waals surface area contributed by atoms with Crippen molar-refractivity contribution in [1.82, 2.24) is 9.97 Å². The van der Waals surface area contributed by atoms with Crippen LogP contribution in [0.4, 0.5) is 5.82 Å². The topological polar surface area (TPSA) is 51.0 Å². The largest absolute Gasteiger partial charge is 0.461 e. The van der Waals surface area contributed by atoms with Crippen LogP contribution in [0, 0.1) is 3.57 Å². The van der Waals surface area contributed by atoms with E-state index in [1.807, 2.05) is 49.5 Å². The summed E-state index contributed by atoms with van der Waals surface area (Å²) < 4.78 is 6.39. The average molecular weight is 377 g/mol. The predicted octanol–water partition coefficient (Wildman–Crippen LogP) is 4.05. The van der Waals surface area contributed by atoms with E-state index in [1.54, 1.807) is 6.26 Å². The highest BCUT2D eigenvalue weighted by molar-refractivity contribution is 14.1. The summed E-state index contributed by atoms with van der Waals surface area (Å²) in [6, 6.07) is 13.8. The van der Waals surface area contributed by atoms with E-state index in [4.69, 9.17) is 4.42 Å². The van der Waals surface area contributed by atoms with Gasteiger partial charge in [0.1, 0.15) is 5.82 Å². The summed E-state index contributed by atoms with van der Waals surface area (Å²) in [4.78, 5) is 9.14. The standard InChI is InChI=1S/C15H12IN3O/c1-17-15-12(16)13(10-6-3-2-4-7-10)18-14(19-15)11-8-5-9-20-11/h2-9H,1H3,(H,17,18,19). The van der Waals surface area contributed by atoms with Crippen LogP contribution in [0.25, 0.3) is 22.8 Å². The molecule has 4 nitrogen and oxygen atoms in total. The normalized spacial score (nSPS) is 10.5. The van der Waals surface area contributed by atoms with Gasteiger partial charge in [0.2, 0.25) is 0 Å². The monoisotopic (exact) mass is 377 g/mol. The van der Waals surface area contributed by atoms with Crippen LogP contribution in [0.1, 0.15) is 0 Å². The molecule has 0 unspecified atom stereocenters. The molecule has 1 aromatic carbocycles. The molecule has 0 bridgehead atoms. The van der Waals surface area contributed by atoms with E-state index in [0.717, 1.165) is 20.6 Å². The van der Waals surface area contributed by atoms with Gasteiger partial charge in [-0.15, -0.1) is 0 Å². The summed E-state index contributed by atoms with van der Waals surface area (Å²) in [5, 5.41) is 3.11. The summed E-state index contributed by atoms with van der Waals surface area (Å²) in [7, 11) is 1.85. The highest BCUT2D eigenvalue weighted by Crippen LogP contribution is 2.30. The number of aromatic nitrogens is 2. The zero-order valence-corrected chi connectivity index (χ0v) is 13.0. The molecule has 20 heavy (non-hydrogen) atoms. The number of anilines is 1. The van der Waals surface area contributed by atoms with Gasteiger partial charge in [-0.3, -0.25) is 0 Å². The minimum atomic E-state index is 0.582. The van der Waals surface area contributed by atoms with E-state index in [9.17, 15) is 0 Å². The summed E-state index contributed by atoms with van der Waals surface area (Å²) in [5.41, 5.74) is 1.96. The lowest BCUT2D eigenvalue weighted by Crippen LogP contribution is -2.02. The minimum Gasteiger partial charge on any atom is -0.461 e. The molecule has 100 valence electrons. The number of benzene rings is 1. The molecule has 0 aliphatic rings. The van der Waals surface area contributed by atoms with Crippen LogP contribution in [0.15, 0.2) is 53.1 Å². The van der Waals surface area contributed by atoms with Gasteiger partial charge < -0.3 is 9.73 Å². The van der Waals surface area contributed by atoms with Crippen molar-refractivity contribution in [2.45, 2.75) is 0 Å². The average Bonchev–Trinajstić information content (AvgIpc) is 3.03. The van der Waals surface area contributed by atoms with Crippen LogP contribution >= 0.6 is 22.6 Å². The molecule has 0 aliphatic carbocycles. The maximum atomic E-state index is 5.39. The molecule has 0 atom stereocenters. The Hall–Kier alpha value is -1.89. The lowest BCUT2D eigenvalue weighted by molar-refractivity contribution is 0.577. The first-order valence-corrected chi connectivity index (χ1v) is 7.22. The van der Waals surface area contributed by atoms with E-state index < -0.39 is 0 Å². The van der Waals surface area contributed by atoms with Crippen molar-refractivity contribution >= 4 is 28.4 Å². The number of furan rings is 1. The van der Waals surface area contributed by atoms with Gasteiger partial charge in [-0.25, -0.2) is 9.97 Å². The fourth-order valence-electron chi connectivity index (χ4n) is 1.92. The van der Waals surface area contributed by atoms with Gasteiger partial charge in [-0.2, -0.15) is 0 Å². The Labute approximate surface area is 130 Å². The fraction of sp³-hybridized carbons (Fsp3) is 0.0667. The molecule has 0 saturated carbocycles. The molecule has 0 radical (unpaired) electrons. The van der Waals surface area contributed by atoms with Crippen LogP contribution < -0.4 is 5.32 Å². The Kier molecular flexibility index (Phi) is 3.68. The number of halogens is 1. The van der Waals surface area contributed by atoms with Gasteiger partial charge >= 0.3 is 0 Å². The Bertz CT molecular complexity index is 711. The van der Waals surface area contributed by atoms with Gasteiger partial charge in [0.25, 0.3) is 0 Å². The Morgan fingerprint density at radius 1 is 1.05 bits per heavy atom. The maximum Gasteiger partial charge on any atom is 0.198 e. The van der Waals surface area contributed by atoms with Crippen molar-refractivity contribution < 1.29 is 4.42 Å². The summed E-state index contributed by atoms with van der Waals surface area (Å²) in [6.07, 6.45) is 1.62. The molecule has 2 aromatic heterocycles. The van der Waals surface area contributed by atoms with Crippen LogP contribution in [0.3, 0.4) is 0 Å². The Morgan fingerprint density at radius 3 is 2.50 bits per heavy atom. The van der Waals surface area contributed by atoms with Gasteiger partial charge in [0, 0.05) is 12.6 Å². The highest BCUT2D eigenvalue weighted by Gasteiger charge is 2.15. The zero-order valence-electron chi connectivity index (χ0n) is 10.8. The number of rotatable bonds is 3. The van der Waals surface area contributed by atoms with Crippen LogP contribution in [-0.2, 0) is 0 Å². The molecule has 3 rings (SSSR count). The van der Waals surface area contributed by atoms with E-state index in [0.29, 0.717) is 11.6 Å². The van der Waals surface area contributed by atoms with Crippen molar-refractivity contribution in [3.63, 3.8) is 0 Å². The predicted molar refractivity (Wildman–Crippen MR) is 87.4 cm³/mol. The lowest BCUT2D eigenvalue weighted by atomic mass is 10.1. The van der Waals surface area contributed by atoms with Gasteiger partial charge in [0.15, 0.2) is 11.6 Å². The number of nitrogens with one attached hydrogen (secondary N) is 1. The van der Waals surface area contributed by atoms with Crippen LogP contribution in [0.2, 0.25) is 0 Å². The Morgan fingerprint density at radius 2 is 1.85 bits per heavy atom. The van der Waals surface area contributed by atoms with Crippen molar-refractivity contribution in [3.8, 4) is 22.8 Å². The molecule has 0 fully saturated rings. The SMILES string of the molecule is CNc1nc(-c2ccco2)nc(-c2ccccc2)c1I. The summed E-state index contributed by atoms with van der Waals surface area (Å²) >= 11 is 2.26. The van der Waals surface area contributed by atoms with Crippen LogP contribution in [0.5, 0.6) is 0 Å². The maximum absolute atomic E-state index is 5.39. The molecule has 0 aliphatic heterocycles. The second-order valence-electron chi connectivity index (χ2n) is 4.15. The molecule has 1 N–H and O–H groups in total. The first-order valence-electron chi connectivity index (χ1n) is 6.14. The molecule has 0 amide bonds. The molecular weight excluding hydrogens is 365 g/mol. The summed E-state index contributed by atoms with van der Waals surface area (Å²) in [6.45, 7) is 0. The molecule has 2 heterocycles. The third kappa shape index (κ3) is 2.40. The van der Waals surface area contributed by atoms with E-state index in [-0.39, 0.29) is 0 Å². The number of hydrogen-bond acceptors (Lipinski definition) is 4. The zero-order chi connectivity index (χ0) is 13.9. The fourth-order valence-corrected chi connectivity index (χ4v) is 2.74. The first-order chi connectivity index (χ1) is 9.79. The van der Waals surface area contributed by atoms with E-state index in [1.165, 1.54) is 0 Å². The van der Waals surface area contributed by atoms with Crippen molar-refractivity contribution in [2.24, 2.45) is 0 Å². The third-order valence-electron chi connectivity index (χ3n) is 2.88. The van der Waals surface area contributed by atoms with Crippen molar-refractivity contribution in [1.29, 1.82) is 0 Å². The molecule has 3 aromatic rings. The second kappa shape index (κ2) is 5.62. The van der Waals surface area contributed by atoms with Gasteiger partial charge in [0.05, 0.1) is 15.5 Å². The molecule has 0 spiro atoms.